The highest BCUT2D eigenvalue weighted by Crippen LogP contribution is 2.23. The van der Waals surface area contributed by atoms with Crippen LogP contribution in [0.5, 0.6) is 0 Å². The molecule has 2 rings (SSSR count). The highest BCUT2D eigenvalue weighted by molar-refractivity contribution is 7.90. The number of nitrogens with one attached hydrogen (secondary N) is 2. The fourth-order valence-electron chi connectivity index (χ4n) is 2.64. The molecule has 0 aliphatic heterocycles. The number of nitrogens with zero attached hydrogens (tertiary/aromatic N) is 1. The van der Waals surface area contributed by atoms with Crippen LogP contribution in [0.1, 0.15) is 31.4 Å². The predicted octanol–water partition coefficient (Wildman–Crippen LogP) is 2.52. The van der Waals surface area contributed by atoms with Crippen molar-refractivity contribution in [3.8, 4) is 0 Å². The number of thiophene rings is 1. The lowest BCUT2D eigenvalue weighted by molar-refractivity contribution is 0.0677. The van der Waals surface area contributed by atoms with Crippen molar-refractivity contribution < 1.29 is 13.5 Å². The average Bonchev–Trinajstić information content (AvgIpc) is 3.19. The molecule has 28 heavy (non-hydrogen) atoms. The first-order valence-electron chi connectivity index (χ1n) is 9.34. The number of aliphatic imine (C=N–C) groups is 1. The van der Waals surface area contributed by atoms with Crippen molar-refractivity contribution in [2.75, 3.05) is 25.4 Å². The van der Waals surface area contributed by atoms with Gasteiger partial charge in [0, 0.05) is 13.1 Å². The molecule has 0 spiro atoms. The van der Waals surface area contributed by atoms with Crippen LogP contribution in [-0.4, -0.2) is 44.9 Å². The monoisotopic (exact) mass is 423 g/mol. The number of rotatable bonds is 10. The average molecular weight is 424 g/mol. The summed E-state index contributed by atoms with van der Waals surface area (Å²) in [6.45, 7) is 5.07. The summed E-state index contributed by atoms with van der Waals surface area (Å²) in [6, 6.07) is 11.1. The molecule has 0 saturated heterocycles. The summed E-state index contributed by atoms with van der Waals surface area (Å²) >= 11 is 1.53. The molecule has 1 atom stereocenters. The lowest BCUT2D eigenvalue weighted by Gasteiger charge is -2.21. The third kappa shape index (κ3) is 7.61. The van der Waals surface area contributed by atoms with Gasteiger partial charge in [0.05, 0.1) is 18.1 Å². The molecule has 0 radical (unpaired) electrons. The zero-order valence-electron chi connectivity index (χ0n) is 16.4. The van der Waals surface area contributed by atoms with Crippen molar-refractivity contribution in [2.24, 2.45) is 4.99 Å². The third-order valence-electron chi connectivity index (χ3n) is 4.19. The molecule has 1 heterocycles. The van der Waals surface area contributed by atoms with Gasteiger partial charge in [0.25, 0.3) is 0 Å². The summed E-state index contributed by atoms with van der Waals surface area (Å²) in [5.74, 6) is 0.741. The minimum atomic E-state index is -3.15. The van der Waals surface area contributed by atoms with Gasteiger partial charge in [-0.05, 0) is 48.2 Å². The summed E-state index contributed by atoms with van der Waals surface area (Å²) in [5.41, 5.74) is 0.603. The standard InChI is InChI=1S/C20H29N3O3S2/c1-3-21-19(23-16-20(2,24)18-10-12-27-14-18)22-11-7-13-28(25,26)15-17-8-5-4-6-9-17/h4-6,8-10,12,14,24H,3,7,11,13,15-16H2,1-2H3,(H2,21,22,23). The molecule has 154 valence electrons. The Bertz CT molecular complexity index is 833. The van der Waals surface area contributed by atoms with Crippen LogP contribution in [0.4, 0.5) is 0 Å². The quantitative estimate of drug-likeness (QED) is 0.310. The van der Waals surface area contributed by atoms with E-state index in [-0.39, 0.29) is 18.1 Å². The van der Waals surface area contributed by atoms with Crippen LogP contribution in [0.2, 0.25) is 0 Å². The van der Waals surface area contributed by atoms with E-state index in [1.165, 1.54) is 11.3 Å². The fourth-order valence-corrected chi connectivity index (χ4v) is 4.85. The van der Waals surface area contributed by atoms with E-state index in [2.05, 4.69) is 15.6 Å². The molecule has 0 aliphatic carbocycles. The van der Waals surface area contributed by atoms with Crippen LogP contribution in [0.15, 0.2) is 52.2 Å². The zero-order chi connectivity index (χ0) is 20.5. The molecule has 3 N–H and O–H groups in total. The second kappa shape index (κ2) is 10.6. The van der Waals surface area contributed by atoms with Crippen molar-refractivity contribution in [1.82, 2.24) is 10.6 Å². The smallest absolute Gasteiger partial charge is 0.191 e. The number of benzene rings is 1. The van der Waals surface area contributed by atoms with E-state index in [0.29, 0.717) is 25.5 Å². The van der Waals surface area contributed by atoms with Crippen molar-refractivity contribution in [3.63, 3.8) is 0 Å². The van der Waals surface area contributed by atoms with Gasteiger partial charge in [-0.3, -0.25) is 0 Å². The Morgan fingerprint density at radius 2 is 1.96 bits per heavy atom. The second-order valence-electron chi connectivity index (χ2n) is 6.84. The number of hydrogen-bond acceptors (Lipinski definition) is 5. The molecule has 2 aromatic rings. The van der Waals surface area contributed by atoms with Crippen LogP contribution in [0.3, 0.4) is 0 Å². The van der Waals surface area contributed by atoms with E-state index in [1.54, 1.807) is 6.92 Å². The van der Waals surface area contributed by atoms with Gasteiger partial charge in [-0.25, -0.2) is 13.4 Å². The molecule has 6 nitrogen and oxygen atoms in total. The molecule has 0 amide bonds. The summed E-state index contributed by atoms with van der Waals surface area (Å²) < 4.78 is 24.5. The maximum absolute atomic E-state index is 12.3. The number of sulfone groups is 1. The van der Waals surface area contributed by atoms with Gasteiger partial charge >= 0.3 is 0 Å². The molecule has 8 heteroatoms. The van der Waals surface area contributed by atoms with Gasteiger partial charge in [-0.1, -0.05) is 30.3 Å². The maximum Gasteiger partial charge on any atom is 0.191 e. The van der Waals surface area contributed by atoms with Crippen molar-refractivity contribution in [1.29, 1.82) is 0 Å². The minimum absolute atomic E-state index is 0.0610. The van der Waals surface area contributed by atoms with Gasteiger partial charge < -0.3 is 15.7 Å². The molecule has 1 unspecified atom stereocenters. The Labute approximate surface area is 171 Å². The van der Waals surface area contributed by atoms with Crippen LogP contribution in [-0.2, 0) is 21.2 Å². The molecule has 1 aromatic carbocycles. The zero-order valence-corrected chi connectivity index (χ0v) is 18.0. The molecule has 0 aliphatic rings. The van der Waals surface area contributed by atoms with Crippen LogP contribution in [0, 0.1) is 0 Å². The Morgan fingerprint density at radius 1 is 1.21 bits per heavy atom. The molecular formula is C20H29N3O3S2. The second-order valence-corrected chi connectivity index (χ2v) is 9.80. The van der Waals surface area contributed by atoms with E-state index in [1.807, 2.05) is 54.1 Å². The van der Waals surface area contributed by atoms with Crippen molar-refractivity contribution in [3.05, 3.63) is 58.3 Å². The molecule has 0 bridgehead atoms. The Hall–Kier alpha value is -1.90. The first-order chi connectivity index (χ1) is 13.3. The predicted molar refractivity (Wildman–Crippen MR) is 116 cm³/mol. The summed E-state index contributed by atoms with van der Waals surface area (Å²) in [5, 5.41) is 20.7. The van der Waals surface area contributed by atoms with E-state index >= 15 is 0 Å². The third-order valence-corrected chi connectivity index (χ3v) is 6.55. The van der Waals surface area contributed by atoms with E-state index in [9.17, 15) is 13.5 Å². The first kappa shape index (κ1) is 22.4. The van der Waals surface area contributed by atoms with E-state index in [0.717, 1.165) is 11.1 Å². The van der Waals surface area contributed by atoms with Crippen molar-refractivity contribution in [2.45, 2.75) is 31.6 Å². The SMILES string of the molecule is CCNC(=NCC(C)(O)c1ccsc1)NCCCS(=O)(=O)Cc1ccccc1. The van der Waals surface area contributed by atoms with Gasteiger partial charge in [0.15, 0.2) is 15.8 Å². The normalized spacial score (nSPS) is 14.5. The van der Waals surface area contributed by atoms with E-state index < -0.39 is 15.4 Å². The largest absolute Gasteiger partial charge is 0.383 e. The van der Waals surface area contributed by atoms with Crippen LogP contribution < -0.4 is 10.6 Å². The Balaban J connectivity index is 1.82. The molecule has 0 fully saturated rings. The minimum Gasteiger partial charge on any atom is -0.383 e. The fraction of sp³-hybridized carbons (Fsp3) is 0.450. The first-order valence-corrected chi connectivity index (χ1v) is 12.1. The summed E-state index contributed by atoms with van der Waals surface area (Å²) in [7, 11) is -3.15. The van der Waals surface area contributed by atoms with Gasteiger partial charge in [-0.15, -0.1) is 0 Å². The number of guanidine groups is 1. The van der Waals surface area contributed by atoms with Gasteiger partial charge in [-0.2, -0.15) is 11.3 Å². The number of hydrogen-bond donors (Lipinski definition) is 3. The molecule has 1 aromatic heterocycles. The maximum atomic E-state index is 12.3. The lowest BCUT2D eigenvalue weighted by atomic mass is 10.00. The number of aliphatic hydroxyl groups is 1. The van der Waals surface area contributed by atoms with Crippen LogP contribution >= 0.6 is 11.3 Å². The van der Waals surface area contributed by atoms with E-state index in [4.69, 9.17) is 0 Å². The Kier molecular flexibility index (Phi) is 8.47. The topological polar surface area (TPSA) is 90.8 Å². The summed E-state index contributed by atoms with van der Waals surface area (Å²) in [4.78, 5) is 4.44. The molecular weight excluding hydrogens is 394 g/mol. The van der Waals surface area contributed by atoms with Gasteiger partial charge in [0.2, 0.25) is 0 Å². The Morgan fingerprint density at radius 3 is 2.61 bits per heavy atom. The molecule has 0 saturated carbocycles. The van der Waals surface area contributed by atoms with Crippen molar-refractivity contribution >= 4 is 27.1 Å². The lowest BCUT2D eigenvalue weighted by Crippen LogP contribution is -2.39. The highest BCUT2D eigenvalue weighted by Gasteiger charge is 2.23. The van der Waals surface area contributed by atoms with Crippen LogP contribution in [0.25, 0.3) is 0 Å². The highest BCUT2D eigenvalue weighted by atomic mass is 32.2. The summed E-state index contributed by atoms with van der Waals surface area (Å²) in [6.07, 6.45) is 0.487. The van der Waals surface area contributed by atoms with Gasteiger partial charge in [0.1, 0.15) is 5.60 Å².